The Kier molecular flexibility index (Phi) is 7.26. The Morgan fingerprint density at radius 3 is 2.61 bits per heavy atom. The summed E-state index contributed by atoms with van der Waals surface area (Å²) in [5.41, 5.74) is 3.44. The van der Waals surface area contributed by atoms with E-state index in [1.54, 1.807) is 6.08 Å². The molecule has 10 heteroatoms. The summed E-state index contributed by atoms with van der Waals surface area (Å²) in [5, 5.41) is 2.80. The van der Waals surface area contributed by atoms with Crippen LogP contribution in [-0.2, 0) is 16.0 Å². The number of ether oxygens (including phenoxy) is 3. The van der Waals surface area contributed by atoms with Crippen LogP contribution in [0.4, 0.5) is 19.0 Å². The SMILES string of the molecule is Cc1cc(N2CCOC(C)(C)C2)nc2c1CC=C(NC(=O)COc1ccc(OC(F)(F)F)cc1)C=C2. The fourth-order valence-corrected chi connectivity index (χ4v) is 4.11. The molecule has 0 spiro atoms. The molecule has 1 aromatic heterocycles. The molecule has 0 atom stereocenters. The van der Waals surface area contributed by atoms with Crippen molar-refractivity contribution in [1.29, 1.82) is 0 Å². The molecule has 2 aromatic rings. The van der Waals surface area contributed by atoms with Gasteiger partial charge in [0.25, 0.3) is 5.91 Å². The summed E-state index contributed by atoms with van der Waals surface area (Å²) in [6.07, 6.45) is 1.43. The summed E-state index contributed by atoms with van der Waals surface area (Å²) >= 11 is 0. The van der Waals surface area contributed by atoms with E-state index < -0.39 is 12.3 Å². The fraction of sp³-hybridized carbons (Fsp3) is 0.385. The molecule has 192 valence electrons. The van der Waals surface area contributed by atoms with Crippen LogP contribution in [0.3, 0.4) is 0 Å². The molecule has 0 unspecified atom stereocenters. The minimum absolute atomic E-state index is 0.240. The molecule has 4 rings (SSSR count). The lowest BCUT2D eigenvalue weighted by molar-refractivity contribution is -0.274. The van der Waals surface area contributed by atoms with E-state index in [-0.39, 0.29) is 23.7 Å². The van der Waals surface area contributed by atoms with Gasteiger partial charge in [-0.05, 0) is 80.8 Å². The maximum atomic E-state index is 12.4. The molecule has 2 aliphatic rings. The van der Waals surface area contributed by atoms with E-state index in [9.17, 15) is 18.0 Å². The van der Waals surface area contributed by atoms with Gasteiger partial charge in [-0.1, -0.05) is 6.08 Å². The first-order valence-electron chi connectivity index (χ1n) is 11.5. The molecule has 1 amide bonds. The Bertz CT molecular complexity index is 1170. The third-order valence-corrected chi connectivity index (χ3v) is 5.77. The van der Waals surface area contributed by atoms with Crippen molar-refractivity contribution in [3.63, 3.8) is 0 Å². The van der Waals surface area contributed by atoms with Crippen molar-refractivity contribution >= 4 is 17.8 Å². The number of fused-ring (bicyclic) bond motifs is 1. The van der Waals surface area contributed by atoms with Crippen molar-refractivity contribution < 1.29 is 32.2 Å². The standard InChI is InChI=1S/C26H28F3N3O4/c1-17-14-23(32-12-13-35-25(2,3)16-32)31-22-11-5-18(4-10-21(17)22)30-24(33)15-34-19-6-8-20(9-7-19)36-26(27,28)29/h4-9,11,14H,10,12-13,15-16H2,1-3H3,(H,30,33). The second-order valence-electron chi connectivity index (χ2n) is 9.24. The number of halogens is 3. The van der Waals surface area contributed by atoms with Gasteiger partial charge in [-0.25, -0.2) is 4.98 Å². The zero-order valence-electron chi connectivity index (χ0n) is 20.3. The second-order valence-corrected chi connectivity index (χ2v) is 9.24. The van der Waals surface area contributed by atoms with E-state index in [4.69, 9.17) is 14.5 Å². The predicted octanol–water partition coefficient (Wildman–Crippen LogP) is 4.55. The van der Waals surface area contributed by atoms with Gasteiger partial charge in [0, 0.05) is 18.8 Å². The van der Waals surface area contributed by atoms with E-state index in [0.717, 1.165) is 47.9 Å². The van der Waals surface area contributed by atoms with E-state index in [0.29, 0.717) is 18.7 Å². The predicted molar refractivity (Wildman–Crippen MR) is 129 cm³/mol. The molecule has 1 aromatic carbocycles. The number of benzene rings is 1. The number of nitrogens with one attached hydrogen (secondary N) is 1. The zero-order chi connectivity index (χ0) is 25.9. The number of morpholine rings is 1. The summed E-state index contributed by atoms with van der Waals surface area (Å²) in [5.74, 6) is 0.390. The van der Waals surface area contributed by atoms with Crippen molar-refractivity contribution in [2.75, 3.05) is 31.2 Å². The first kappa shape index (κ1) is 25.6. The molecule has 36 heavy (non-hydrogen) atoms. The number of aromatic nitrogens is 1. The van der Waals surface area contributed by atoms with Crippen LogP contribution >= 0.6 is 0 Å². The van der Waals surface area contributed by atoms with Crippen LogP contribution in [0.2, 0.25) is 0 Å². The molecule has 1 fully saturated rings. The van der Waals surface area contributed by atoms with Crippen LogP contribution in [0.5, 0.6) is 11.5 Å². The number of pyridine rings is 1. The third kappa shape index (κ3) is 6.78. The average molecular weight is 504 g/mol. The Balaban J connectivity index is 1.35. The Hall–Kier alpha value is -3.53. The van der Waals surface area contributed by atoms with Crippen molar-refractivity contribution in [2.24, 2.45) is 0 Å². The van der Waals surface area contributed by atoms with E-state index in [2.05, 4.69) is 41.8 Å². The summed E-state index contributed by atoms with van der Waals surface area (Å²) in [7, 11) is 0. The number of hydrogen-bond acceptors (Lipinski definition) is 6. The van der Waals surface area contributed by atoms with Crippen molar-refractivity contribution in [2.45, 2.75) is 39.2 Å². The van der Waals surface area contributed by atoms with Crippen LogP contribution < -0.4 is 19.7 Å². The van der Waals surface area contributed by atoms with Gasteiger partial charge < -0.3 is 24.4 Å². The van der Waals surface area contributed by atoms with Crippen LogP contribution in [0.15, 0.2) is 48.2 Å². The highest BCUT2D eigenvalue weighted by molar-refractivity contribution is 5.80. The smallest absolute Gasteiger partial charge is 0.484 e. The third-order valence-electron chi connectivity index (χ3n) is 5.77. The van der Waals surface area contributed by atoms with Gasteiger partial charge in [-0.15, -0.1) is 13.2 Å². The summed E-state index contributed by atoms with van der Waals surface area (Å²) < 4.78 is 51.8. The van der Waals surface area contributed by atoms with Crippen molar-refractivity contribution in [1.82, 2.24) is 10.3 Å². The lowest BCUT2D eigenvalue weighted by atomic mass is 10.0. The molecule has 7 nitrogen and oxygen atoms in total. The van der Waals surface area contributed by atoms with Gasteiger partial charge in [0.15, 0.2) is 6.61 Å². The van der Waals surface area contributed by atoms with E-state index >= 15 is 0 Å². The first-order chi connectivity index (χ1) is 17.0. The number of amides is 1. The number of anilines is 1. The maximum absolute atomic E-state index is 12.4. The van der Waals surface area contributed by atoms with Gasteiger partial charge >= 0.3 is 6.36 Å². The first-order valence-corrected chi connectivity index (χ1v) is 11.5. The zero-order valence-corrected chi connectivity index (χ0v) is 20.3. The molecule has 1 saturated heterocycles. The van der Waals surface area contributed by atoms with Crippen LogP contribution in [0.25, 0.3) is 6.08 Å². The largest absolute Gasteiger partial charge is 0.573 e. The Morgan fingerprint density at radius 1 is 1.19 bits per heavy atom. The van der Waals surface area contributed by atoms with Crippen LogP contribution in [0.1, 0.15) is 30.7 Å². The molecule has 1 aliphatic heterocycles. The number of aryl methyl sites for hydroxylation is 1. The van der Waals surface area contributed by atoms with E-state index in [1.807, 2.05) is 12.2 Å². The molecule has 1 N–H and O–H groups in total. The lowest BCUT2D eigenvalue weighted by Gasteiger charge is -2.39. The van der Waals surface area contributed by atoms with Gasteiger partial charge in [-0.2, -0.15) is 0 Å². The maximum Gasteiger partial charge on any atom is 0.573 e. The molecular formula is C26H28F3N3O4. The number of alkyl halides is 3. The molecular weight excluding hydrogens is 475 g/mol. The number of carbonyl (C=O) groups excluding carboxylic acids is 1. The summed E-state index contributed by atoms with van der Waals surface area (Å²) in [6, 6.07) is 6.94. The molecule has 1 aliphatic carbocycles. The lowest BCUT2D eigenvalue weighted by Crippen LogP contribution is -2.48. The topological polar surface area (TPSA) is 72.9 Å². The van der Waals surface area contributed by atoms with Crippen LogP contribution in [0, 0.1) is 6.92 Å². The Morgan fingerprint density at radius 2 is 1.92 bits per heavy atom. The number of nitrogens with zero attached hydrogens (tertiary/aromatic N) is 2. The Labute approximate surface area is 207 Å². The number of hydrogen-bond donors (Lipinski definition) is 1. The van der Waals surface area contributed by atoms with Crippen molar-refractivity contribution in [3.05, 3.63) is 65.0 Å². The van der Waals surface area contributed by atoms with Crippen LogP contribution in [-0.4, -0.2) is 49.2 Å². The molecule has 0 saturated carbocycles. The molecule has 0 bridgehead atoms. The highest BCUT2D eigenvalue weighted by Gasteiger charge is 2.31. The minimum atomic E-state index is -4.77. The normalized spacial score (nSPS) is 17.1. The van der Waals surface area contributed by atoms with Gasteiger partial charge in [0.2, 0.25) is 0 Å². The summed E-state index contributed by atoms with van der Waals surface area (Å²) in [6.45, 7) is 8.05. The number of carbonyl (C=O) groups is 1. The second kappa shape index (κ2) is 10.2. The number of rotatable bonds is 6. The fourth-order valence-electron chi connectivity index (χ4n) is 4.11. The minimum Gasteiger partial charge on any atom is -0.484 e. The highest BCUT2D eigenvalue weighted by Crippen LogP contribution is 2.28. The molecule has 2 heterocycles. The van der Waals surface area contributed by atoms with Crippen molar-refractivity contribution in [3.8, 4) is 11.5 Å². The molecule has 0 radical (unpaired) electrons. The monoisotopic (exact) mass is 503 g/mol. The van der Waals surface area contributed by atoms with Gasteiger partial charge in [0.1, 0.15) is 17.3 Å². The van der Waals surface area contributed by atoms with Gasteiger partial charge in [-0.3, -0.25) is 4.79 Å². The van der Waals surface area contributed by atoms with E-state index in [1.165, 1.54) is 12.1 Å². The van der Waals surface area contributed by atoms with Gasteiger partial charge in [0.05, 0.1) is 17.9 Å². The quantitative estimate of drug-likeness (QED) is 0.624. The highest BCUT2D eigenvalue weighted by atomic mass is 19.4. The average Bonchev–Trinajstić information content (AvgIpc) is 2.99. The summed E-state index contributed by atoms with van der Waals surface area (Å²) in [4.78, 5) is 19.5. The number of allylic oxidation sites excluding steroid dienone is 2.